The number of carbonyl (C=O) groups excluding carboxylic acids is 1. The Labute approximate surface area is 141 Å². The minimum atomic E-state index is -1.59. The van der Waals surface area contributed by atoms with E-state index in [9.17, 15) is 4.79 Å². The number of rotatable bonds is 10. The summed E-state index contributed by atoms with van der Waals surface area (Å²) in [6.45, 7) is 12.4. The third-order valence-corrected chi connectivity index (χ3v) is 6.86. The average Bonchev–Trinajstić information content (AvgIpc) is 2.56. The Hall–Kier alpha value is -1.39. The highest BCUT2D eigenvalue weighted by molar-refractivity contribution is 6.93. The van der Waals surface area contributed by atoms with Crippen LogP contribution in [0.15, 0.2) is 36.5 Å². The molecule has 0 fully saturated rings. The molecule has 1 aromatic rings. The molecule has 0 saturated heterocycles. The number of benzene rings is 1. The highest BCUT2D eigenvalue weighted by Gasteiger charge is 2.19. The fourth-order valence-electron chi connectivity index (χ4n) is 2.15. The molecule has 1 radical (unpaired) electrons. The van der Waals surface area contributed by atoms with E-state index in [1.807, 2.05) is 24.8 Å². The quantitative estimate of drug-likeness (QED) is 0.263. The van der Waals surface area contributed by atoms with Gasteiger partial charge in [0.1, 0.15) is 14.2 Å². The lowest BCUT2D eigenvalue weighted by Crippen LogP contribution is -2.39. The summed E-state index contributed by atoms with van der Waals surface area (Å²) in [5, 5.41) is 1.24. The van der Waals surface area contributed by atoms with Gasteiger partial charge in [0.15, 0.2) is 0 Å². The van der Waals surface area contributed by atoms with E-state index in [0.29, 0.717) is 5.56 Å². The Balaban J connectivity index is 2.44. The lowest BCUT2D eigenvalue weighted by atomic mass is 10.1. The lowest BCUT2D eigenvalue weighted by molar-refractivity contribution is -0.233. The maximum absolute atomic E-state index is 12.0. The molecule has 23 heavy (non-hydrogen) atoms. The number of hydrogen-bond acceptors (Lipinski definition) is 3. The van der Waals surface area contributed by atoms with E-state index in [-0.39, 0.29) is 0 Å². The molecular weight excluding hydrogens is 304 g/mol. The van der Waals surface area contributed by atoms with Gasteiger partial charge in [0.05, 0.1) is 5.56 Å². The SMILES string of the molecule is C=C[Si](C)(C)c1ccc(C(=O)OO[C](C)CCCCCC)cc1. The molecule has 0 amide bonds. The Morgan fingerprint density at radius 3 is 2.35 bits per heavy atom. The standard InChI is InChI=1S/C19H29O3Si/c1-6-8-9-10-11-16(3)21-22-19(20)17-12-14-18(15-13-17)23(4,5)7-2/h7,12-15H,2,6,8-11H2,1,3-5H3. The Morgan fingerprint density at radius 2 is 1.78 bits per heavy atom. The van der Waals surface area contributed by atoms with Crippen LogP contribution in [0.25, 0.3) is 0 Å². The maximum atomic E-state index is 12.0. The third-order valence-electron chi connectivity index (χ3n) is 4.02. The summed E-state index contributed by atoms with van der Waals surface area (Å²) >= 11 is 0. The summed E-state index contributed by atoms with van der Waals surface area (Å²) in [5.74, 6) is -0.456. The number of unbranched alkanes of at least 4 members (excludes halogenated alkanes) is 3. The topological polar surface area (TPSA) is 35.5 Å². The zero-order valence-electron chi connectivity index (χ0n) is 14.9. The molecule has 1 aromatic carbocycles. The van der Waals surface area contributed by atoms with Crippen LogP contribution in [-0.4, -0.2) is 14.0 Å². The van der Waals surface area contributed by atoms with Crippen molar-refractivity contribution in [1.82, 2.24) is 0 Å². The van der Waals surface area contributed by atoms with Crippen molar-refractivity contribution in [2.75, 3.05) is 0 Å². The van der Waals surface area contributed by atoms with E-state index in [2.05, 4.69) is 26.6 Å². The van der Waals surface area contributed by atoms with Crippen LogP contribution >= 0.6 is 0 Å². The van der Waals surface area contributed by atoms with E-state index in [1.54, 1.807) is 12.1 Å². The van der Waals surface area contributed by atoms with Gasteiger partial charge in [-0.15, -0.1) is 6.58 Å². The summed E-state index contributed by atoms with van der Waals surface area (Å²) in [5.41, 5.74) is 2.53. The van der Waals surface area contributed by atoms with E-state index < -0.39 is 14.0 Å². The molecule has 3 nitrogen and oxygen atoms in total. The summed E-state index contributed by atoms with van der Waals surface area (Å²) in [4.78, 5) is 22.0. The fourth-order valence-corrected chi connectivity index (χ4v) is 3.41. The largest absolute Gasteiger partial charge is 0.373 e. The summed E-state index contributed by atoms with van der Waals surface area (Å²) in [7, 11) is -1.59. The first kappa shape index (κ1) is 19.7. The van der Waals surface area contributed by atoms with E-state index in [4.69, 9.17) is 9.78 Å². The molecule has 0 atom stereocenters. The first-order chi connectivity index (χ1) is 10.9. The van der Waals surface area contributed by atoms with Crippen LogP contribution in [0.1, 0.15) is 56.3 Å². The first-order valence-electron chi connectivity index (χ1n) is 8.36. The monoisotopic (exact) mass is 333 g/mol. The first-order valence-corrected chi connectivity index (χ1v) is 11.4. The van der Waals surface area contributed by atoms with Crippen LogP contribution in [0.2, 0.25) is 13.1 Å². The summed E-state index contributed by atoms with van der Waals surface area (Å²) in [6, 6.07) is 7.53. The summed E-state index contributed by atoms with van der Waals surface area (Å²) in [6.07, 6.45) is 6.24. The van der Waals surface area contributed by atoms with Gasteiger partial charge in [0, 0.05) is 0 Å². The zero-order valence-corrected chi connectivity index (χ0v) is 15.9. The predicted molar refractivity (Wildman–Crippen MR) is 97.9 cm³/mol. The minimum absolute atomic E-state index is 0.456. The van der Waals surface area contributed by atoms with Gasteiger partial charge in [0.2, 0.25) is 0 Å². The van der Waals surface area contributed by atoms with Crippen molar-refractivity contribution in [3.05, 3.63) is 48.2 Å². The van der Waals surface area contributed by atoms with Gasteiger partial charge < -0.3 is 0 Å². The summed E-state index contributed by atoms with van der Waals surface area (Å²) < 4.78 is 0. The molecule has 0 aliphatic carbocycles. The van der Waals surface area contributed by atoms with Crippen molar-refractivity contribution < 1.29 is 14.6 Å². The third kappa shape index (κ3) is 6.71. The zero-order chi connectivity index (χ0) is 17.3. The van der Waals surface area contributed by atoms with E-state index in [0.717, 1.165) is 18.9 Å². The minimum Gasteiger partial charge on any atom is -0.292 e. The highest BCUT2D eigenvalue weighted by atomic mass is 28.3. The highest BCUT2D eigenvalue weighted by Crippen LogP contribution is 2.15. The van der Waals surface area contributed by atoms with Crippen molar-refractivity contribution in [2.45, 2.75) is 59.0 Å². The Morgan fingerprint density at radius 1 is 1.13 bits per heavy atom. The van der Waals surface area contributed by atoms with Gasteiger partial charge >= 0.3 is 5.97 Å². The predicted octanol–water partition coefficient (Wildman–Crippen LogP) is 4.94. The molecule has 0 saturated carbocycles. The molecule has 0 heterocycles. The molecule has 0 unspecified atom stereocenters. The second-order valence-corrected chi connectivity index (χ2v) is 10.9. The molecule has 4 heteroatoms. The molecule has 0 N–H and O–H groups in total. The van der Waals surface area contributed by atoms with Gasteiger partial charge in [-0.05, 0) is 25.5 Å². The van der Waals surface area contributed by atoms with Crippen LogP contribution < -0.4 is 5.19 Å². The van der Waals surface area contributed by atoms with Crippen molar-refractivity contribution >= 4 is 19.2 Å². The fraction of sp³-hybridized carbons (Fsp3) is 0.474. The van der Waals surface area contributed by atoms with Gasteiger partial charge in [-0.3, -0.25) is 4.89 Å². The van der Waals surface area contributed by atoms with Crippen LogP contribution in [0.5, 0.6) is 0 Å². The van der Waals surface area contributed by atoms with Gasteiger partial charge in [-0.25, -0.2) is 4.79 Å². The van der Waals surface area contributed by atoms with E-state index >= 15 is 0 Å². The van der Waals surface area contributed by atoms with Crippen molar-refractivity contribution in [1.29, 1.82) is 0 Å². The van der Waals surface area contributed by atoms with Gasteiger partial charge in [-0.1, -0.05) is 68.7 Å². The Kier molecular flexibility index (Phi) is 8.27. The second kappa shape index (κ2) is 9.68. The molecule has 0 spiro atoms. The lowest BCUT2D eigenvalue weighted by Gasteiger charge is -2.17. The molecular formula is C19H29O3Si. The number of carbonyl (C=O) groups is 1. The molecule has 0 aliphatic rings. The molecule has 0 aliphatic heterocycles. The maximum Gasteiger partial charge on any atom is 0.373 e. The molecule has 127 valence electrons. The van der Waals surface area contributed by atoms with Gasteiger partial charge in [0.25, 0.3) is 0 Å². The second-order valence-electron chi connectivity index (χ2n) is 6.47. The molecule has 0 bridgehead atoms. The number of hydrogen-bond donors (Lipinski definition) is 0. The van der Waals surface area contributed by atoms with E-state index in [1.165, 1.54) is 24.4 Å². The van der Waals surface area contributed by atoms with Crippen molar-refractivity contribution in [3.63, 3.8) is 0 Å². The van der Waals surface area contributed by atoms with Crippen molar-refractivity contribution in [3.8, 4) is 0 Å². The smallest absolute Gasteiger partial charge is 0.292 e. The van der Waals surface area contributed by atoms with Crippen LogP contribution in [0.4, 0.5) is 0 Å². The van der Waals surface area contributed by atoms with Gasteiger partial charge in [-0.2, -0.15) is 4.89 Å². The average molecular weight is 334 g/mol. The van der Waals surface area contributed by atoms with Crippen LogP contribution in [0, 0.1) is 6.10 Å². The van der Waals surface area contributed by atoms with Crippen molar-refractivity contribution in [2.24, 2.45) is 0 Å². The van der Waals surface area contributed by atoms with Crippen LogP contribution in [0.3, 0.4) is 0 Å². The Bertz CT molecular complexity index is 494. The molecule has 1 rings (SSSR count). The normalized spacial score (nSPS) is 11.5. The molecule has 0 aromatic heterocycles. The van der Waals surface area contributed by atoms with Crippen LogP contribution in [-0.2, 0) is 9.78 Å².